The van der Waals surface area contributed by atoms with Gasteiger partial charge in [-0.1, -0.05) is 25.5 Å². The fourth-order valence-corrected chi connectivity index (χ4v) is 4.77. The Bertz CT molecular complexity index is 938. The van der Waals surface area contributed by atoms with Crippen molar-refractivity contribution in [2.75, 3.05) is 18.4 Å². The van der Waals surface area contributed by atoms with Crippen LogP contribution in [-0.4, -0.2) is 31.7 Å². The molecule has 0 saturated carbocycles. The Morgan fingerprint density at radius 3 is 2.56 bits per heavy atom. The summed E-state index contributed by atoms with van der Waals surface area (Å²) >= 11 is 0. The molecule has 1 heterocycles. The Balaban J connectivity index is 1.87. The predicted octanol–water partition coefficient (Wildman–Crippen LogP) is 3.82. The summed E-state index contributed by atoms with van der Waals surface area (Å²) in [6.45, 7) is 2.77. The summed E-state index contributed by atoms with van der Waals surface area (Å²) in [7, 11) is -3.95. The number of aryl methyl sites for hydroxylation is 1. The number of nitrogens with zero attached hydrogens (tertiary/aromatic N) is 1. The van der Waals surface area contributed by atoms with E-state index in [0.29, 0.717) is 18.8 Å². The third-order valence-electron chi connectivity index (χ3n) is 4.72. The molecule has 1 saturated heterocycles. The molecule has 2 aromatic rings. The van der Waals surface area contributed by atoms with Gasteiger partial charge >= 0.3 is 0 Å². The summed E-state index contributed by atoms with van der Waals surface area (Å²) in [6.07, 6.45) is 3.32. The number of hydrogen-bond acceptors (Lipinski definition) is 3. The number of hydrogen-bond donors (Lipinski definition) is 1. The standard InChI is InChI=1S/C20H23FN2O3S/c1-2-15-7-6-8-17(13-15)22-20(24)16-9-10-18(21)19(14-16)27(25,26)23-11-4-3-5-12-23/h6-10,13-14H,2-5,11-12H2,1H3,(H,22,24). The molecule has 0 aromatic heterocycles. The quantitative estimate of drug-likeness (QED) is 0.844. The molecule has 0 unspecified atom stereocenters. The van der Waals surface area contributed by atoms with Crippen LogP contribution in [0.15, 0.2) is 47.4 Å². The number of anilines is 1. The highest BCUT2D eigenvalue weighted by atomic mass is 32.2. The van der Waals surface area contributed by atoms with Crippen LogP contribution in [0.2, 0.25) is 0 Å². The van der Waals surface area contributed by atoms with E-state index in [2.05, 4.69) is 5.32 Å². The van der Waals surface area contributed by atoms with Crippen LogP contribution in [0.3, 0.4) is 0 Å². The average molecular weight is 390 g/mol. The fourth-order valence-electron chi connectivity index (χ4n) is 3.16. The Hall–Kier alpha value is -2.25. The number of nitrogens with one attached hydrogen (secondary N) is 1. The Kier molecular flexibility index (Phi) is 5.92. The number of piperidine rings is 1. The van der Waals surface area contributed by atoms with E-state index in [1.807, 2.05) is 25.1 Å². The lowest BCUT2D eigenvalue weighted by Crippen LogP contribution is -2.36. The van der Waals surface area contributed by atoms with Crippen molar-refractivity contribution in [3.8, 4) is 0 Å². The van der Waals surface area contributed by atoms with E-state index in [1.165, 1.54) is 10.4 Å². The van der Waals surface area contributed by atoms with Crippen molar-refractivity contribution in [2.24, 2.45) is 0 Å². The molecule has 0 bridgehead atoms. The SMILES string of the molecule is CCc1cccc(NC(=O)c2ccc(F)c(S(=O)(=O)N3CCCCC3)c2)c1. The third kappa shape index (κ3) is 4.36. The zero-order valence-corrected chi connectivity index (χ0v) is 16.1. The molecular formula is C20H23FN2O3S. The van der Waals surface area contributed by atoms with E-state index >= 15 is 0 Å². The Morgan fingerprint density at radius 2 is 1.85 bits per heavy atom. The topological polar surface area (TPSA) is 66.5 Å². The van der Waals surface area contributed by atoms with Crippen LogP contribution < -0.4 is 5.32 Å². The molecule has 1 amide bonds. The van der Waals surface area contributed by atoms with Gasteiger partial charge in [-0.05, 0) is 55.2 Å². The van der Waals surface area contributed by atoms with E-state index in [4.69, 9.17) is 0 Å². The van der Waals surface area contributed by atoms with Gasteiger partial charge in [-0.2, -0.15) is 4.31 Å². The van der Waals surface area contributed by atoms with Gasteiger partial charge in [-0.25, -0.2) is 12.8 Å². The van der Waals surface area contributed by atoms with Crippen molar-refractivity contribution >= 4 is 21.6 Å². The molecule has 0 aliphatic carbocycles. The first kappa shape index (κ1) is 19.5. The van der Waals surface area contributed by atoms with Crippen molar-refractivity contribution < 1.29 is 17.6 Å². The van der Waals surface area contributed by atoms with Crippen molar-refractivity contribution in [1.82, 2.24) is 4.31 Å². The lowest BCUT2D eigenvalue weighted by Gasteiger charge is -2.26. The summed E-state index contributed by atoms with van der Waals surface area (Å²) in [5.74, 6) is -1.32. The minimum absolute atomic E-state index is 0.105. The van der Waals surface area contributed by atoms with Crippen LogP contribution in [0.4, 0.5) is 10.1 Å². The number of carbonyl (C=O) groups is 1. The monoisotopic (exact) mass is 390 g/mol. The first-order chi connectivity index (χ1) is 12.9. The van der Waals surface area contributed by atoms with Crippen LogP contribution in [0.25, 0.3) is 0 Å². The van der Waals surface area contributed by atoms with Gasteiger partial charge in [0, 0.05) is 24.3 Å². The van der Waals surface area contributed by atoms with Crippen LogP contribution >= 0.6 is 0 Å². The molecule has 3 rings (SSSR count). The summed E-state index contributed by atoms with van der Waals surface area (Å²) in [6, 6.07) is 10.9. The highest BCUT2D eigenvalue weighted by Crippen LogP contribution is 2.24. The zero-order valence-electron chi connectivity index (χ0n) is 15.2. The second-order valence-corrected chi connectivity index (χ2v) is 8.52. The fraction of sp³-hybridized carbons (Fsp3) is 0.350. The van der Waals surface area contributed by atoms with Gasteiger partial charge < -0.3 is 5.32 Å². The van der Waals surface area contributed by atoms with Gasteiger partial charge in [0.15, 0.2) is 0 Å². The van der Waals surface area contributed by atoms with Crippen molar-refractivity contribution in [3.63, 3.8) is 0 Å². The molecule has 2 aromatic carbocycles. The van der Waals surface area contributed by atoms with Gasteiger partial charge in [0.25, 0.3) is 5.91 Å². The first-order valence-electron chi connectivity index (χ1n) is 9.12. The summed E-state index contributed by atoms with van der Waals surface area (Å²) < 4.78 is 41.1. The molecule has 0 atom stereocenters. The van der Waals surface area contributed by atoms with Crippen molar-refractivity contribution in [3.05, 3.63) is 59.4 Å². The van der Waals surface area contributed by atoms with Crippen LogP contribution in [0.5, 0.6) is 0 Å². The highest BCUT2D eigenvalue weighted by molar-refractivity contribution is 7.89. The Morgan fingerprint density at radius 1 is 1.11 bits per heavy atom. The number of amides is 1. The summed E-state index contributed by atoms with van der Waals surface area (Å²) in [5, 5.41) is 2.74. The van der Waals surface area contributed by atoms with Gasteiger partial charge in [0.1, 0.15) is 10.7 Å². The smallest absolute Gasteiger partial charge is 0.255 e. The number of rotatable bonds is 5. The van der Waals surface area contributed by atoms with Crippen LogP contribution in [0.1, 0.15) is 42.1 Å². The van der Waals surface area contributed by atoms with Gasteiger partial charge in [0.05, 0.1) is 0 Å². The lowest BCUT2D eigenvalue weighted by molar-refractivity contribution is 0.102. The van der Waals surface area contributed by atoms with E-state index in [-0.39, 0.29) is 5.56 Å². The van der Waals surface area contributed by atoms with E-state index in [1.54, 1.807) is 6.07 Å². The molecule has 144 valence electrons. The van der Waals surface area contributed by atoms with Crippen molar-refractivity contribution in [2.45, 2.75) is 37.5 Å². The third-order valence-corrected chi connectivity index (χ3v) is 6.63. The number of sulfonamides is 1. The molecule has 1 aliphatic heterocycles. The average Bonchev–Trinajstić information content (AvgIpc) is 2.69. The number of benzene rings is 2. The largest absolute Gasteiger partial charge is 0.322 e. The van der Waals surface area contributed by atoms with E-state index in [9.17, 15) is 17.6 Å². The Labute approximate surface area is 159 Å². The maximum Gasteiger partial charge on any atom is 0.255 e. The van der Waals surface area contributed by atoms with E-state index < -0.39 is 26.6 Å². The van der Waals surface area contributed by atoms with Gasteiger partial charge in [-0.3, -0.25) is 4.79 Å². The molecule has 1 fully saturated rings. The second kappa shape index (κ2) is 8.19. The minimum Gasteiger partial charge on any atom is -0.322 e. The minimum atomic E-state index is -3.95. The van der Waals surface area contributed by atoms with E-state index in [0.717, 1.165) is 43.4 Å². The maximum atomic E-state index is 14.3. The van der Waals surface area contributed by atoms with Crippen molar-refractivity contribution in [1.29, 1.82) is 0 Å². The van der Waals surface area contributed by atoms with Gasteiger partial charge in [0.2, 0.25) is 10.0 Å². The zero-order chi connectivity index (χ0) is 19.4. The summed E-state index contributed by atoms with van der Waals surface area (Å²) in [5.41, 5.74) is 1.79. The molecule has 1 aliphatic rings. The molecule has 0 spiro atoms. The second-order valence-electron chi connectivity index (χ2n) is 6.62. The molecular weight excluding hydrogens is 367 g/mol. The lowest BCUT2D eigenvalue weighted by atomic mass is 10.1. The molecule has 7 heteroatoms. The normalized spacial score (nSPS) is 15.5. The van der Waals surface area contributed by atoms with Crippen LogP contribution in [-0.2, 0) is 16.4 Å². The number of halogens is 1. The highest BCUT2D eigenvalue weighted by Gasteiger charge is 2.29. The predicted molar refractivity (Wildman–Crippen MR) is 103 cm³/mol. The number of carbonyl (C=O) groups excluding carboxylic acids is 1. The molecule has 1 N–H and O–H groups in total. The molecule has 27 heavy (non-hydrogen) atoms. The van der Waals surface area contributed by atoms with Crippen LogP contribution in [0, 0.1) is 5.82 Å². The van der Waals surface area contributed by atoms with Gasteiger partial charge in [-0.15, -0.1) is 0 Å². The first-order valence-corrected chi connectivity index (χ1v) is 10.6. The molecule has 5 nitrogen and oxygen atoms in total. The maximum absolute atomic E-state index is 14.3. The summed E-state index contributed by atoms with van der Waals surface area (Å²) in [4.78, 5) is 12.1. The molecule has 0 radical (unpaired) electrons.